The van der Waals surface area contributed by atoms with Gasteiger partial charge in [0.05, 0.1) is 39.6 Å². The fourth-order valence-electron chi connectivity index (χ4n) is 3.70. The van der Waals surface area contributed by atoms with Crippen molar-refractivity contribution in [3.8, 4) is 0 Å². The van der Waals surface area contributed by atoms with E-state index in [0.717, 1.165) is 6.42 Å². The number of thiocarbonyl (C=S) groups is 1. The van der Waals surface area contributed by atoms with Crippen LogP contribution in [-0.2, 0) is 57.1 Å². The zero-order valence-electron chi connectivity index (χ0n) is 28.4. The number of alkyl carbamates (subject to hydrolysis) is 1. The summed E-state index contributed by atoms with van der Waals surface area (Å²) in [7, 11) is 0. The molecule has 0 aromatic carbocycles. The highest BCUT2D eigenvalue weighted by atomic mass is 32.2. The van der Waals surface area contributed by atoms with Gasteiger partial charge >= 0.3 is 24.0 Å². The smallest absolute Gasteiger partial charge is 0.407 e. The molecular weight excluding hydrogens is 688 g/mol. The third-order valence-corrected chi connectivity index (χ3v) is 7.53. The van der Waals surface area contributed by atoms with E-state index in [1.54, 1.807) is 4.90 Å². The molecule has 0 spiro atoms. The van der Waals surface area contributed by atoms with Gasteiger partial charge in [0.25, 0.3) is 0 Å². The van der Waals surface area contributed by atoms with Crippen LogP contribution in [0.3, 0.4) is 0 Å². The molecule has 2 N–H and O–H groups in total. The highest BCUT2D eigenvalue weighted by Crippen LogP contribution is 2.18. The number of ether oxygens (including phenoxy) is 7. The van der Waals surface area contributed by atoms with Gasteiger partial charge in [0.2, 0.25) is 11.8 Å². The second-order valence-electron chi connectivity index (χ2n) is 10.3. The van der Waals surface area contributed by atoms with E-state index in [-0.39, 0.29) is 77.6 Å². The third kappa shape index (κ3) is 23.8. The Morgan fingerprint density at radius 3 is 2.08 bits per heavy atom. The number of nitrogens with one attached hydrogen (secondary N) is 2. The fraction of sp³-hybridized carbons (Fsp3) is 0.767. The number of nitrogens with zero attached hydrogens (tertiary/aromatic N) is 2. The zero-order valence-corrected chi connectivity index (χ0v) is 30.0. The van der Waals surface area contributed by atoms with Crippen molar-refractivity contribution in [2.24, 2.45) is 0 Å². The van der Waals surface area contributed by atoms with Crippen molar-refractivity contribution >= 4 is 64.1 Å². The molecular formula is C30H50N4O13S2. The summed E-state index contributed by atoms with van der Waals surface area (Å²) in [4.78, 5) is 74.8. The lowest BCUT2D eigenvalue weighted by Crippen LogP contribution is -2.43. The minimum Gasteiger partial charge on any atom is -0.466 e. The van der Waals surface area contributed by atoms with Crippen LogP contribution in [0.1, 0.15) is 39.5 Å². The van der Waals surface area contributed by atoms with E-state index < -0.39 is 30.5 Å². The van der Waals surface area contributed by atoms with Gasteiger partial charge in [-0.3, -0.25) is 29.0 Å². The van der Waals surface area contributed by atoms with Crippen LogP contribution in [0, 0.1) is 0 Å². The molecule has 17 nitrogen and oxygen atoms in total. The van der Waals surface area contributed by atoms with Gasteiger partial charge < -0.3 is 43.8 Å². The Balaban J connectivity index is 2.22. The number of amides is 3. The van der Waals surface area contributed by atoms with Gasteiger partial charge in [-0.25, -0.2) is 9.59 Å². The molecule has 1 aliphatic heterocycles. The molecule has 1 aliphatic rings. The third-order valence-electron chi connectivity index (χ3n) is 6.11. The first-order valence-corrected chi connectivity index (χ1v) is 17.6. The molecule has 0 saturated carbocycles. The summed E-state index contributed by atoms with van der Waals surface area (Å²) < 4.78 is 36.5. The minimum absolute atomic E-state index is 0.0536. The number of hydrogen-bond acceptors (Lipinski definition) is 16. The minimum atomic E-state index is -0.725. The lowest BCUT2D eigenvalue weighted by atomic mass is 10.3. The van der Waals surface area contributed by atoms with E-state index in [4.69, 9.17) is 45.4 Å². The first kappa shape index (κ1) is 43.9. The highest BCUT2D eigenvalue weighted by molar-refractivity contribution is 8.23. The van der Waals surface area contributed by atoms with E-state index in [1.807, 2.05) is 13.8 Å². The lowest BCUT2D eigenvalue weighted by Gasteiger charge is -2.24. The van der Waals surface area contributed by atoms with Crippen LogP contribution in [0.2, 0.25) is 0 Å². The Bertz CT molecular complexity index is 1040. The van der Waals surface area contributed by atoms with Gasteiger partial charge in [-0.1, -0.05) is 37.8 Å². The number of hydrogen-bond donors (Lipinski definition) is 2. The summed E-state index contributed by atoms with van der Waals surface area (Å²) in [5.74, 6) is -1.59. The molecule has 49 heavy (non-hydrogen) atoms. The first-order valence-electron chi connectivity index (χ1n) is 16.2. The van der Waals surface area contributed by atoms with Gasteiger partial charge in [0, 0.05) is 45.0 Å². The summed E-state index contributed by atoms with van der Waals surface area (Å²) in [5, 5.41) is 4.89. The number of carbonyl (C=O) groups excluding carboxylic acids is 6. The Kier molecular flexibility index (Phi) is 25.7. The SMILES string of the molecule is CCCOC(=O)CCCOCCOCCNC(=O)COCC(=O)OCCN(CCOC(=O)CNC(=O)OCCC)CC(=O)N1CCSC1=S. The van der Waals surface area contributed by atoms with E-state index >= 15 is 0 Å². The second kappa shape index (κ2) is 28.7. The normalized spacial score (nSPS) is 12.5. The molecule has 0 radical (unpaired) electrons. The summed E-state index contributed by atoms with van der Waals surface area (Å²) in [6, 6.07) is 0. The molecule has 0 aromatic heterocycles. The predicted octanol–water partition coefficient (Wildman–Crippen LogP) is 0.271. The van der Waals surface area contributed by atoms with Crippen molar-refractivity contribution in [1.29, 1.82) is 0 Å². The maximum Gasteiger partial charge on any atom is 0.407 e. The van der Waals surface area contributed by atoms with Crippen LogP contribution in [0.25, 0.3) is 0 Å². The van der Waals surface area contributed by atoms with Gasteiger partial charge in [-0.2, -0.15) is 0 Å². The van der Waals surface area contributed by atoms with Crippen LogP contribution < -0.4 is 10.6 Å². The molecule has 0 unspecified atom stereocenters. The fourth-order valence-corrected chi connectivity index (χ4v) is 4.94. The summed E-state index contributed by atoms with van der Waals surface area (Å²) >= 11 is 6.63. The van der Waals surface area contributed by atoms with E-state index in [0.29, 0.717) is 62.3 Å². The molecule has 1 saturated heterocycles. The van der Waals surface area contributed by atoms with Gasteiger partial charge in [-0.05, 0) is 19.3 Å². The molecule has 0 atom stereocenters. The molecule has 1 rings (SSSR count). The number of esters is 3. The Hall–Kier alpha value is -3.10. The average Bonchev–Trinajstić information content (AvgIpc) is 3.51. The van der Waals surface area contributed by atoms with Crippen molar-refractivity contribution in [2.75, 3.05) is 111 Å². The second-order valence-corrected chi connectivity index (χ2v) is 12.0. The quantitative estimate of drug-likeness (QED) is 0.0480. The van der Waals surface area contributed by atoms with Gasteiger partial charge in [0.15, 0.2) is 0 Å². The van der Waals surface area contributed by atoms with E-state index in [2.05, 4.69) is 10.6 Å². The number of carbonyl (C=O) groups is 6. The standard InChI is InChI=1S/C30H50N4O13S2/c1-3-11-44-26(37)6-5-13-41-17-18-42-14-7-31-24(35)22-43-23-28(39)46-16-9-33(21-25(36)34-10-19-49-30(34)48)8-15-45-27(38)20-32-29(40)47-12-4-2/h3-23H2,1-2H3,(H,31,35)(H,32,40). The zero-order chi connectivity index (χ0) is 36.1. The van der Waals surface area contributed by atoms with Gasteiger partial charge in [-0.15, -0.1) is 0 Å². The maximum absolute atomic E-state index is 12.8. The molecule has 0 aromatic rings. The van der Waals surface area contributed by atoms with Crippen molar-refractivity contribution in [3.63, 3.8) is 0 Å². The van der Waals surface area contributed by atoms with E-state index in [9.17, 15) is 28.8 Å². The van der Waals surface area contributed by atoms with Crippen molar-refractivity contribution in [3.05, 3.63) is 0 Å². The van der Waals surface area contributed by atoms with E-state index in [1.165, 1.54) is 16.7 Å². The van der Waals surface area contributed by atoms with Crippen molar-refractivity contribution in [2.45, 2.75) is 39.5 Å². The molecule has 19 heteroatoms. The van der Waals surface area contributed by atoms with Crippen LogP contribution in [0.15, 0.2) is 0 Å². The molecule has 3 amide bonds. The molecule has 280 valence electrons. The molecule has 0 aliphatic carbocycles. The van der Waals surface area contributed by atoms with Gasteiger partial charge in [0.1, 0.15) is 37.3 Å². The average molecular weight is 739 g/mol. The molecule has 1 fully saturated rings. The highest BCUT2D eigenvalue weighted by Gasteiger charge is 2.25. The topological polar surface area (TPSA) is 198 Å². The molecule has 1 heterocycles. The Labute approximate surface area is 296 Å². The van der Waals surface area contributed by atoms with Crippen molar-refractivity contribution < 1.29 is 61.9 Å². The van der Waals surface area contributed by atoms with Crippen LogP contribution in [0.5, 0.6) is 0 Å². The summed E-state index contributed by atoms with van der Waals surface area (Å²) in [5.41, 5.74) is 0. The molecule has 0 bridgehead atoms. The number of rotatable bonds is 28. The Morgan fingerprint density at radius 2 is 1.41 bits per heavy atom. The predicted molar refractivity (Wildman–Crippen MR) is 181 cm³/mol. The van der Waals surface area contributed by atoms with Crippen LogP contribution >= 0.6 is 24.0 Å². The van der Waals surface area contributed by atoms with Crippen LogP contribution in [0.4, 0.5) is 4.79 Å². The Morgan fingerprint density at radius 1 is 0.755 bits per heavy atom. The monoisotopic (exact) mass is 738 g/mol. The number of thioether (sulfide) groups is 1. The summed E-state index contributed by atoms with van der Waals surface area (Å²) in [6.07, 6.45) is 1.58. The lowest BCUT2D eigenvalue weighted by molar-refractivity contribution is -0.150. The largest absolute Gasteiger partial charge is 0.466 e. The van der Waals surface area contributed by atoms with Crippen LogP contribution in [-0.4, -0.2) is 161 Å². The first-order chi connectivity index (χ1) is 23.7. The van der Waals surface area contributed by atoms with Crippen molar-refractivity contribution in [1.82, 2.24) is 20.4 Å². The summed E-state index contributed by atoms with van der Waals surface area (Å²) in [6.45, 7) is 5.39. The maximum atomic E-state index is 12.8.